The number of rotatable bonds is 52. The van der Waals surface area contributed by atoms with Gasteiger partial charge in [0.25, 0.3) is 0 Å². The van der Waals surface area contributed by atoms with Crippen LogP contribution in [0.5, 0.6) is 5.75 Å². The first-order chi connectivity index (χ1) is 54.1. The monoisotopic (exact) mass is 1650 g/mol. The van der Waals surface area contributed by atoms with Crippen LogP contribution in [0, 0.1) is 23.7 Å². The third kappa shape index (κ3) is 36.7. The summed E-state index contributed by atoms with van der Waals surface area (Å²) < 4.78 is 0. The quantitative estimate of drug-likeness (QED) is 0.0164. The third-order valence-corrected chi connectivity index (χ3v) is 18.0. The van der Waals surface area contributed by atoms with Gasteiger partial charge in [-0.25, -0.2) is 0 Å². The molecule has 1 saturated heterocycles. The molecule has 1 aromatic rings. The largest absolute Gasteiger partial charge is 0.508 e. The highest BCUT2D eigenvalue weighted by Gasteiger charge is 2.43. The summed E-state index contributed by atoms with van der Waals surface area (Å²) in [7, 11) is 0. The number of aliphatic carboxylic acids is 3. The molecule has 0 bridgehead atoms. The fourth-order valence-electron chi connectivity index (χ4n) is 11.9. The summed E-state index contributed by atoms with van der Waals surface area (Å²) in [5, 5.41) is 89.1. The number of phenolic OH excluding ortho intramolecular Hbond substituents is 1. The van der Waals surface area contributed by atoms with Gasteiger partial charge in [0.05, 0.1) is 24.7 Å². The Morgan fingerprint density at radius 2 is 0.845 bits per heavy atom. The van der Waals surface area contributed by atoms with Crippen LogP contribution in [0.1, 0.15) is 158 Å². The lowest BCUT2D eigenvalue weighted by molar-refractivity contribution is -0.144. The van der Waals surface area contributed by atoms with Crippen LogP contribution in [0.25, 0.3) is 0 Å². The molecule has 0 radical (unpaired) electrons. The molecule has 2 rings (SSSR count). The summed E-state index contributed by atoms with van der Waals surface area (Å²) in [5.41, 5.74) is 34.1. The summed E-state index contributed by atoms with van der Waals surface area (Å²) in [6.07, 6.45) is -7.14. The van der Waals surface area contributed by atoms with E-state index in [0.29, 0.717) is 5.56 Å². The fourth-order valence-corrected chi connectivity index (χ4v) is 11.9. The molecule has 1 aromatic carbocycles. The number of benzene rings is 1. The van der Waals surface area contributed by atoms with Crippen molar-refractivity contribution in [1.82, 2.24) is 68.7 Å². The van der Waals surface area contributed by atoms with Crippen molar-refractivity contribution in [1.29, 1.82) is 0 Å². The first-order valence-electron chi connectivity index (χ1n) is 38.0. The maximum absolute atomic E-state index is 14.8. The minimum atomic E-state index is -1.92. The van der Waals surface area contributed by atoms with Crippen molar-refractivity contribution in [2.24, 2.45) is 68.1 Å². The molecule has 30 N–H and O–H groups in total. The van der Waals surface area contributed by atoms with E-state index in [0.717, 1.165) is 18.7 Å². The normalized spacial score (nSPS) is 16.1. The average Bonchev–Trinajstić information content (AvgIpc) is 1.61. The van der Waals surface area contributed by atoms with E-state index in [2.05, 4.69) is 68.5 Å². The predicted molar refractivity (Wildman–Crippen MR) is 416 cm³/mol. The van der Waals surface area contributed by atoms with Crippen LogP contribution in [0.15, 0.2) is 34.3 Å². The standard InChI is InChI=1S/C72H119N21O23/c1-33(2)28-45(86-63(109)47(31-52(100)101)87-65(111)49-16-13-27-93(49)70(116)48(30-39-17-19-40(96)20-18-39)88-58(104)41(73)21-23-50(74)97)62(108)83-42(14-11-25-79-71(75)76)59(105)82-43(15-12-26-80-72(77)78)61(107)89-54(35(5)6)67(113)84-44(22-24-51(98)99)60(106)85-46(29-34(3)4)64(110)91-57(38(10)95)69(115)90-55(36(7)8)68(114)92-56(37(9)94)66(112)81-32-53(102)103/h17-20,33-38,41-49,54-57,94-96H,11-16,21-32,73H2,1-10H3,(H2,74,97)(H,81,112)(H,82,105)(H,83,108)(H,84,113)(H,85,106)(H,86,109)(H,87,111)(H,88,104)(H,89,107)(H,90,115)(H,91,110)(H,92,114)(H,98,99)(H,100,101)(H,102,103)(H4,75,76,79)(H4,77,78,80)/t37-,38-,41+,42+,43+,44+,45+,46+,47+,48+,49+,54+,55+,56+,57+/m1/s1. The Labute approximate surface area is 670 Å². The number of hydrogen-bond acceptors (Lipinski definition) is 23. The first kappa shape index (κ1) is 101. The maximum atomic E-state index is 14.8. The number of amides is 14. The number of carbonyl (C=O) groups excluding carboxylic acids is 14. The number of carbonyl (C=O) groups is 17. The number of phenols is 1. The molecule has 650 valence electrons. The zero-order chi connectivity index (χ0) is 88.1. The number of carboxylic acids is 3. The van der Waals surface area contributed by atoms with Gasteiger partial charge in [0, 0.05) is 38.9 Å². The van der Waals surface area contributed by atoms with Gasteiger partial charge < -0.3 is 134 Å². The predicted octanol–water partition coefficient (Wildman–Crippen LogP) is -7.34. The number of nitrogens with zero attached hydrogens (tertiary/aromatic N) is 3. The summed E-state index contributed by atoms with van der Waals surface area (Å²) in [4.78, 5) is 240. The number of likely N-dealkylation sites (tertiary alicyclic amines) is 1. The van der Waals surface area contributed by atoms with Crippen molar-refractivity contribution in [2.45, 2.75) is 250 Å². The number of aromatic hydroxyl groups is 1. The summed E-state index contributed by atoms with van der Waals surface area (Å²) in [6, 6.07) is -15.2. The number of primary amides is 1. The first-order valence-corrected chi connectivity index (χ1v) is 38.0. The molecule has 0 aliphatic carbocycles. The molecule has 0 saturated carbocycles. The molecule has 1 aliphatic rings. The highest BCUT2D eigenvalue weighted by Crippen LogP contribution is 2.22. The Balaban J connectivity index is 2.58. The smallest absolute Gasteiger partial charge is 0.322 e. The molecule has 1 fully saturated rings. The molecule has 1 aliphatic heterocycles. The Hall–Kier alpha value is -11.6. The zero-order valence-corrected chi connectivity index (χ0v) is 66.9. The van der Waals surface area contributed by atoms with Crippen LogP contribution in [-0.4, -0.2) is 265 Å². The van der Waals surface area contributed by atoms with Crippen molar-refractivity contribution in [2.75, 3.05) is 26.2 Å². The molecule has 15 atom stereocenters. The van der Waals surface area contributed by atoms with Crippen LogP contribution < -0.4 is 98.2 Å². The van der Waals surface area contributed by atoms with Crippen LogP contribution in [0.4, 0.5) is 0 Å². The van der Waals surface area contributed by atoms with Crippen molar-refractivity contribution in [3.05, 3.63) is 29.8 Å². The van der Waals surface area contributed by atoms with E-state index >= 15 is 0 Å². The topological polar surface area (TPSA) is 740 Å². The molecule has 14 amide bonds. The Kier molecular flexibility index (Phi) is 43.3. The Morgan fingerprint density at radius 3 is 1.29 bits per heavy atom. The fraction of sp³-hybridized carbons (Fsp3) is 0.653. The number of aliphatic hydroxyl groups excluding tert-OH is 2. The maximum Gasteiger partial charge on any atom is 0.322 e. The van der Waals surface area contributed by atoms with E-state index in [1.807, 2.05) is 5.32 Å². The summed E-state index contributed by atoms with van der Waals surface area (Å²) >= 11 is 0. The van der Waals surface area contributed by atoms with Gasteiger partial charge in [-0.05, 0) is 119 Å². The van der Waals surface area contributed by atoms with Crippen molar-refractivity contribution in [3.63, 3.8) is 0 Å². The molecular weight excluding hydrogens is 1530 g/mol. The van der Waals surface area contributed by atoms with Crippen LogP contribution in [0.3, 0.4) is 0 Å². The number of nitrogens with one attached hydrogen (secondary N) is 12. The van der Waals surface area contributed by atoms with E-state index in [1.165, 1.54) is 52.0 Å². The van der Waals surface area contributed by atoms with E-state index in [4.69, 9.17) is 39.5 Å². The van der Waals surface area contributed by atoms with Gasteiger partial charge in [-0.2, -0.15) is 0 Å². The number of nitrogens with two attached hydrogens (primary N) is 6. The molecule has 116 heavy (non-hydrogen) atoms. The van der Waals surface area contributed by atoms with Gasteiger partial charge in [0.2, 0.25) is 82.7 Å². The van der Waals surface area contributed by atoms with Crippen molar-refractivity contribution in [3.8, 4) is 5.75 Å². The lowest BCUT2D eigenvalue weighted by atomic mass is 9.99. The minimum absolute atomic E-state index is 0.00410. The summed E-state index contributed by atoms with van der Waals surface area (Å²) in [5.74, 6) is -22.0. The van der Waals surface area contributed by atoms with E-state index in [1.54, 1.807) is 27.7 Å². The molecule has 44 heteroatoms. The van der Waals surface area contributed by atoms with Gasteiger partial charge in [0.1, 0.15) is 84.8 Å². The number of aliphatic hydroxyl groups is 2. The number of carboxylic acid groups (broad SMARTS) is 3. The summed E-state index contributed by atoms with van der Waals surface area (Å²) in [6.45, 7) is 13.6. The Bertz CT molecular complexity index is 3630. The SMILES string of the molecule is CC(C)C[C@H](NC(=O)[C@H](CC(=O)O)NC(=O)[C@@H]1CCCN1C(=O)[C@H](Cc1ccc(O)cc1)NC(=O)[C@@H](N)CCC(N)=O)C(=O)N[C@@H](CCCN=C(N)N)C(=O)N[C@@H](CCCN=C(N)N)C(=O)N[C@H](C(=O)N[C@@H](CCC(=O)O)C(=O)N[C@@H](CC(C)C)C(=O)N[C@H](C(=O)N[C@H](C(=O)N[C@H](C(=O)NCC(=O)O)[C@@H](C)O)C(C)C)[C@@H](C)O)C(C)C. The average molecular weight is 1650 g/mol. The van der Waals surface area contributed by atoms with E-state index in [-0.39, 0.29) is 108 Å². The van der Waals surface area contributed by atoms with E-state index < -0.39 is 241 Å². The molecule has 0 spiro atoms. The molecule has 0 unspecified atom stereocenters. The Morgan fingerprint density at radius 1 is 0.448 bits per heavy atom. The second-order valence-electron chi connectivity index (χ2n) is 29.8. The molecule has 1 heterocycles. The second-order valence-corrected chi connectivity index (χ2v) is 29.8. The number of aliphatic imine (C=N–C) groups is 2. The highest BCUT2D eigenvalue weighted by molar-refractivity contribution is 6.01. The van der Waals surface area contributed by atoms with Gasteiger partial charge in [0.15, 0.2) is 11.9 Å². The lowest BCUT2D eigenvalue weighted by Crippen LogP contribution is -2.63. The highest BCUT2D eigenvalue weighted by atomic mass is 16.4. The number of hydrogen-bond donors (Lipinski definition) is 24. The van der Waals surface area contributed by atoms with Crippen LogP contribution >= 0.6 is 0 Å². The molecular formula is C72H119N21O23. The van der Waals surface area contributed by atoms with Crippen LogP contribution in [0.2, 0.25) is 0 Å². The van der Waals surface area contributed by atoms with Gasteiger partial charge >= 0.3 is 17.9 Å². The second kappa shape index (κ2) is 49.9. The van der Waals surface area contributed by atoms with Crippen LogP contribution in [-0.2, 0) is 87.9 Å². The van der Waals surface area contributed by atoms with Gasteiger partial charge in [-0.15, -0.1) is 0 Å². The molecule has 0 aromatic heterocycles. The lowest BCUT2D eigenvalue weighted by Gasteiger charge is -2.31. The van der Waals surface area contributed by atoms with Gasteiger partial charge in [-0.1, -0.05) is 67.5 Å². The number of guanidine groups is 2. The van der Waals surface area contributed by atoms with E-state index in [9.17, 15) is 107 Å². The van der Waals surface area contributed by atoms with Gasteiger partial charge in [-0.3, -0.25) is 91.5 Å². The van der Waals surface area contributed by atoms with Crippen molar-refractivity contribution < 1.29 is 112 Å². The minimum Gasteiger partial charge on any atom is -0.508 e. The van der Waals surface area contributed by atoms with Crippen molar-refractivity contribution >= 4 is 113 Å². The molecule has 44 nitrogen and oxygen atoms in total. The zero-order valence-electron chi connectivity index (χ0n) is 66.9. The third-order valence-electron chi connectivity index (χ3n) is 18.0.